The van der Waals surface area contributed by atoms with Crippen molar-refractivity contribution in [3.8, 4) is 5.88 Å². The fourth-order valence-corrected chi connectivity index (χ4v) is 4.81. The minimum Gasteiger partial charge on any atom is -0.480 e. The first-order chi connectivity index (χ1) is 18.9. The summed E-state index contributed by atoms with van der Waals surface area (Å²) in [5.41, 5.74) is 2.44. The van der Waals surface area contributed by atoms with Crippen LogP contribution in [0.1, 0.15) is 43.2 Å². The molecule has 1 atom stereocenters. The van der Waals surface area contributed by atoms with Crippen LogP contribution in [0.25, 0.3) is 16.7 Å². The van der Waals surface area contributed by atoms with E-state index < -0.39 is 17.3 Å². The summed E-state index contributed by atoms with van der Waals surface area (Å²) in [5.74, 6) is -0.706. The molecule has 1 aliphatic heterocycles. The van der Waals surface area contributed by atoms with Crippen molar-refractivity contribution in [2.24, 2.45) is 0 Å². The summed E-state index contributed by atoms with van der Waals surface area (Å²) >= 11 is 0. The van der Waals surface area contributed by atoms with E-state index in [0.717, 1.165) is 12.1 Å². The third-order valence-electron chi connectivity index (χ3n) is 6.73. The number of amides is 2. The monoisotopic (exact) mass is 549 g/mol. The van der Waals surface area contributed by atoms with Gasteiger partial charge in [0.25, 0.3) is 5.91 Å². The molecule has 1 aromatic carbocycles. The number of rotatable bonds is 5. The Hall–Kier alpha value is -4.48. The third kappa shape index (κ3) is 5.33. The van der Waals surface area contributed by atoms with Gasteiger partial charge in [-0.2, -0.15) is 0 Å². The summed E-state index contributed by atoms with van der Waals surface area (Å²) in [4.78, 5) is 43.0. The zero-order valence-corrected chi connectivity index (χ0v) is 23.4. The highest BCUT2D eigenvalue weighted by Gasteiger charge is 2.32. The number of aryl methyl sites for hydroxylation is 1. The molecule has 12 heteroatoms. The van der Waals surface area contributed by atoms with E-state index in [4.69, 9.17) is 9.47 Å². The fraction of sp³-hybridized carbons (Fsp3) is 0.393. The number of halogens is 1. The van der Waals surface area contributed by atoms with Gasteiger partial charge in [0, 0.05) is 38.6 Å². The largest absolute Gasteiger partial charge is 0.480 e. The molecule has 4 heterocycles. The highest BCUT2D eigenvalue weighted by Crippen LogP contribution is 2.32. The van der Waals surface area contributed by atoms with Crippen LogP contribution >= 0.6 is 0 Å². The molecular formula is C28H32FN7O4. The van der Waals surface area contributed by atoms with Gasteiger partial charge in [-0.05, 0) is 46.2 Å². The van der Waals surface area contributed by atoms with Crippen molar-refractivity contribution in [3.63, 3.8) is 0 Å². The van der Waals surface area contributed by atoms with Crippen LogP contribution in [0.3, 0.4) is 0 Å². The molecule has 1 aliphatic rings. The van der Waals surface area contributed by atoms with Gasteiger partial charge in [0.15, 0.2) is 11.5 Å². The number of aromatic nitrogens is 4. The number of fused-ring (bicyclic) bond motifs is 2. The van der Waals surface area contributed by atoms with Crippen LogP contribution in [0.4, 0.5) is 20.6 Å². The average Bonchev–Trinajstić information content (AvgIpc) is 3.53. The molecule has 1 fully saturated rings. The van der Waals surface area contributed by atoms with Crippen LogP contribution in [0.15, 0.2) is 36.8 Å². The zero-order chi connectivity index (χ0) is 28.8. The molecule has 1 N–H and O–H groups in total. The molecule has 3 aromatic heterocycles. The second kappa shape index (κ2) is 10.2. The predicted molar refractivity (Wildman–Crippen MR) is 149 cm³/mol. The Morgan fingerprint density at radius 2 is 1.95 bits per heavy atom. The number of hydrogen-bond acceptors (Lipinski definition) is 8. The van der Waals surface area contributed by atoms with Crippen LogP contribution in [0.5, 0.6) is 5.88 Å². The van der Waals surface area contributed by atoms with Crippen molar-refractivity contribution in [1.82, 2.24) is 24.3 Å². The highest BCUT2D eigenvalue weighted by atomic mass is 19.1. The summed E-state index contributed by atoms with van der Waals surface area (Å²) in [5, 5.41) is 2.76. The van der Waals surface area contributed by atoms with Crippen molar-refractivity contribution >= 4 is 40.1 Å². The van der Waals surface area contributed by atoms with Crippen molar-refractivity contribution in [2.45, 2.75) is 45.8 Å². The molecule has 5 rings (SSSR count). The third-order valence-corrected chi connectivity index (χ3v) is 6.73. The number of methoxy groups -OCH3 is 1. The number of hydrogen-bond donors (Lipinski definition) is 1. The Morgan fingerprint density at radius 1 is 1.18 bits per heavy atom. The molecule has 0 aliphatic carbocycles. The SMILES string of the molecule is COc1cnc2c(C(=O)Nc3cc(F)c4nc(C)cn4c3)ccc(N3CC[C@@H](N(C)C(=O)OC(C)(C)C)C3)c2n1. The molecule has 210 valence electrons. The molecule has 11 nitrogen and oxygen atoms in total. The van der Waals surface area contributed by atoms with E-state index in [9.17, 15) is 14.0 Å². The van der Waals surface area contributed by atoms with Gasteiger partial charge in [-0.1, -0.05) is 0 Å². The lowest BCUT2D eigenvalue weighted by Gasteiger charge is -2.29. The van der Waals surface area contributed by atoms with Gasteiger partial charge in [-0.15, -0.1) is 0 Å². The standard InChI is InChI=1S/C28H32FN7O4/c1-16-13-36-14-17(11-20(29)25(36)31-16)32-26(37)19-7-8-21(24-23(19)30-12-22(33-24)39-6)35-10-9-18(15-35)34(5)27(38)40-28(2,3)4/h7-8,11-14,18H,9-10,15H2,1-6H3,(H,32,37)/t18-/m1/s1. The number of ether oxygens (including phenoxy) is 2. The summed E-state index contributed by atoms with van der Waals surface area (Å²) in [6.07, 6.45) is 5.09. The molecule has 40 heavy (non-hydrogen) atoms. The number of carbonyl (C=O) groups is 2. The Bertz CT molecular complexity index is 1610. The minimum absolute atomic E-state index is 0.0666. The molecular weight excluding hydrogens is 517 g/mol. The number of nitrogens with zero attached hydrogens (tertiary/aromatic N) is 6. The first kappa shape index (κ1) is 27.1. The van der Waals surface area contributed by atoms with Gasteiger partial charge in [-0.25, -0.2) is 24.1 Å². The second-order valence-electron chi connectivity index (χ2n) is 10.9. The average molecular weight is 550 g/mol. The summed E-state index contributed by atoms with van der Waals surface area (Å²) in [6.45, 7) is 8.50. The van der Waals surface area contributed by atoms with Crippen molar-refractivity contribution in [1.29, 1.82) is 0 Å². The summed E-state index contributed by atoms with van der Waals surface area (Å²) in [7, 11) is 3.23. The summed E-state index contributed by atoms with van der Waals surface area (Å²) < 4.78 is 27.0. The van der Waals surface area contributed by atoms with Gasteiger partial charge in [-0.3, -0.25) is 4.79 Å². The lowest BCUT2D eigenvalue weighted by molar-refractivity contribution is 0.0237. The molecule has 1 saturated heterocycles. The van der Waals surface area contributed by atoms with Crippen LogP contribution in [-0.4, -0.2) is 75.1 Å². The highest BCUT2D eigenvalue weighted by molar-refractivity contribution is 6.13. The van der Waals surface area contributed by atoms with E-state index in [-0.39, 0.29) is 29.0 Å². The van der Waals surface area contributed by atoms with Crippen molar-refractivity contribution < 1.29 is 23.5 Å². The molecule has 0 saturated carbocycles. The molecule has 4 aromatic rings. The predicted octanol–water partition coefficient (Wildman–Crippen LogP) is 4.43. The first-order valence-electron chi connectivity index (χ1n) is 12.9. The first-order valence-corrected chi connectivity index (χ1v) is 12.9. The number of imidazole rings is 1. The topological polar surface area (TPSA) is 114 Å². The van der Waals surface area contributed by atoms with E-state index in [1.54, 1.807) is 37.3 Å². The number of nitrogens with one attached hydrogen (secondary N) is 1. The van der Waals surface area contributed by atoms with Crippen LogP contribution in [-0.2, 0) is 4.74 Å². The van der Waals surface area contributed by atoms with Crippen molar-refractivity contribution in [3.05, 3.63) is 53.9 Å². The lowest BCUT2D eigenvalue weighted by atomic mass is 10.1. The molecule has 0 unspecified atom stereocenters. The Morgan fingerprint density at radius 3 is 2.67 bits per heavy atom. The normalized spacial score (nSPS) is 15.5. The Labute approximate surface area is 230 Å². The Balaban J connectivity index is 1.43. The van der Waals surface area contributed by atoms with Gasteiger partial charge < -0.3 is 29.0 Å². The van der Waals surface area contributed by atoms with Gasteiger partial charge >= 0.3 is 6.09 Å². The quantitative estimate of drug-likeness (QED) is 0.389. The fourth-order valence-electron chi connectivity index (χ4n) is 4.81. The maximum absolute atomic E-state index is 14.6. The number of pyridine rings is 1. The molecule has 0 spiro atoms. The Kier molecular flexibility index (Phi) is 6.94. The van der Waals surface area contributed by atoms with Crippen LogP contribution < -0.4 is 15.0 Å². The number of likely N-dealkylation sites (N-methyl/N-ethyl adjacent to an activating group) is 1. The summed E-state index contributed by atoms with van der Waals surface area (Å²) in [6, 6.07) is 4.65. The number of benzene rings is 1. The van der Waals surface area contributed by atoms with Crippen molar-refractivity contribution in [2.75, 3.05) is 37.5 Å². The maximum Gasteiger partial charge on any atom is 0.410 e. The zero-order valence-electron chi connectivity index (χ0n) is 23.4. The van der Waals surface area contributed by atoms with E-state index in [0.29, 0.717) is 35.7 Å². The van der Waals surface area contributed by atoms with E-state index >= 15 is 0 Å². The van der Waals surface area contributed by atoms with E-state index in [2.05, 4.69) is 25.2 Å². The van der Waals surface area contributed by atoms with E-state index in [1.165, 1.54) is 23.8 Å². The van der Waals surface area contributed by atoms with Crippen LogP contribution in [0, 0.1) is 12.7 Å². The van der Waals surface area contributed by atoms with Gasteiger partial charge in [0.2, 0.25) is 5.88 Å². The maximum atomic E-state index is 14.6. The van der Waals surface area contributed by atoms with E-state index in [1.807, 2.05) is 26.8 Å². The lowest BCUT2D eigenvalue weighted by Crippen LogP contribution is -2.42. The van der Waals surface area contributed by atoms with Gasteiger partial charge in [0.05, 0.1) is 42.0 Å². The van der Waals surface area contributed by atoms with Gasteiger partial charge in [0.1, 0.15) is 16.6 Å². The molecule has 0 bridgehead atoms. The number of anilines is 2. The number of carbonyl (C=O) groups excluding carboxylic acids is 2. The molecule has 2 amide bonds. The smallest absolute Gasteiger partial charge is 0.410 e. The van der Waals surface area contributed by atoms with Crippen LogP contribution in [0.2, 0.25) is 0 Å². The molecule has 0 radical (unpaired) electrons. The second-order valence-corrected chi connectivity index (χ2v) is 10.9. The minimum atomic E-state index is -0.586.